The second-order valence-electron chi connectivity index (χ2n) is 14.0. The third-order valence-electron chi connectivity index (χ3n) is 9.80. The van der Waals surface area contributed by atoms with Gasteiger partial charge in [-0.15, -0.1) is 0 Å². The number of para-hydroxylation sites is 3. The van der Waals surface area contributed by atoms with E-state index in [1.165, 1.54) is 16.5 Å². The van der Waals surface area contributed by atoms with Crippen LogP contribution in [0.4, 0.5) is 0 Å². The molecule has 5 nitrogen and oxygen atoms in total. The lowest BCUT2D eigenvalue weighted by Gasteiger charge is -2.22. The van der Waals surface area contributed by atoms with E-state index in [2.05, 4.69) is 129 Å². The number of hydrogen-bond donors (Lipinski definition) is 1. The average Bonchev–Trinajstić information content (AvgIpc) is 3.68. The van der Waals surface area contributed by atoms with Crippen LogP contribution in [0.5, 0.6) is 0 Å². The normalized spacial score (nSPS) is 11.7. The van der Waals surface area contributed by atoms with Crippen molar-refractivity contribution in [2.75, 3.05) is 0 Å². The summed E-state index contributed by atoms with van der Waals surface area (Å²) in [6.45, 7) is 11.0. The van der Waals surface area contributed by atoms with Crippen LogP contribution in [0.2, 0.25) is 0 Å². The van der Waals surface area contributed by atoms with Crippen molar-refractivity contribution in [3.05, 3.63) is 150 Å². The first-order valence-corrected chi connectivity index (χ1v) is 17.0. The summed E-state index contributed by atoms with van der Waals surface area (Å²) in [5.74, 6) is 0.884. The summed E-state index contributed by atoms with van der Waals surface area (Å²) in [6, 6.07) is 44.3. The molecule has 3 heterocycles. The Balaban J connectivity index is 1.37. The van der Waals surface area contributed by atoms with Crippen molar-refractivity contribution < 1.29 is 0 Å². The number of H-pyrrole nitrogens is 1. The molecule has 0 amide bonds. The zero-order chi connectivity index (χ0) is 34.6. The number of rotatable bonds is 5. The predicted molar refractivity (Wildman–Crippen MR) is 205 cm³/mol. The number of nitrogens with zero attached hydrogens (tertiary/aromatic N) is 4. The van der Waals surface area contributed by atoms with E-state index in [0.29, 0.717) is 5.56 Å². The van der Waals surface area contributed by atoms with Gasteiger partial charge in [0.1, 0.15) is 5.82 Å². The number of hydrogen-bond acceptors (Lipinski definition) is 3. The van der Waals surface area contributed by atoms with Crippen LogP contribution in [0, 0.1) is 25.2 Å². The minimum atomic E-state index is -0.131. The van der Waals surface area contributed by atoms with Gasteiger partial charge >= 0.3 is 0 Å². The van der Waals surface area contributed by atoms with Crippen molar-refractivity contribution >= 4 is 21.9 Å². The Morgan fingerprint density at radius 2 is 1.40 bits per heavy atom. The summed E-state index contributed by atoms with van der Waals surface area (Å²) in [6.07, 6.45) is 1.83. The zero-order valence-corrected chi connectivity index (χ0v) is 28.9. The van der Waals surface area contributed by atoms with E-state index in [-0.39, 0.29) is 5.41 Å². The predicted octanol–water partition coefficient (Wildman–Crippen LogP) is 11.4. The SMILES string of the molecule is Cc1[nH]c2c(-c3nc4c(-c5cc(-c6cc(C#N)c(-c7ccccc7)cn6)cc(C(C)(C)C)c5)cccc4n3-c3ccccc3)cccc2c1C. The molecule has 5 aromatic carbocycles. The first-order valence-electron chi connectivity index (χ1n) is 17.0. The van der Waals surface area contributed by atoms with Crippen molar-refractivity contribution in [1.29, 1.82) is 5.26 Å². The number of aromatic nitrogens is 4. The lowest BCUT2D eigenvalue weighted by Crippen LogP contribution is -2.11. The lowest BCUT2D eigenvalue weighted by atomic mass is 9.83. The fraction of sp³-hybridized carbons (Fsp3) is 0.133. The van der Waals surface area contributed by atoms with Crippen molar-refractivity contribution in [1.82, 2.24) is 19.5 Å². The Labute approximate surface area is 292 Å². The molecule has 0 aliphatic rings. The van der Waals surface area contributed by atoms with E-state index in [9.17, 15) is 5.26 Å². The average molecular weight is 648 g/mol. The molecule has 50 heavy (non-hydrogen) atoms. The van der Waals surface area contributed by atoms with Crippen LogP contribution in [0.25, 0.3) is 72.5 Å². The van der Waals surface area contributed by atoms with E-state index >= 15 is 0 Å². The monoisotopic (exact) mass is 647 g/mol. The molecule has 5 heteroatoms. The van der Waals surface area contributed by atoms with Gasteiger partial charge in [-0.2, -0.15) is 5.26 Å². The first-order chi connectivity index (χ1) is 24.2. The van der Waals surface area contributed by atoms with Gasteiger partial charge in [-0.1, -0.05) is 99.6 Å². The minimum Gasteiger partial charge on any atom is -0.358 e. The van der Waals surface area contributed by atoms with Crippen molar-refractivity contribution in [3.8, 4) is 56.7 Å². The standard InChI is InChI=1S/C45H37N5/c1-28-29(2)48-42-36(28)18-12-20-38(42)44-49-43-37(19-13-21-41(43)50(44)35-16-10-7-11-17-35)31-22-32(24-34(23-31)45(3,4)5)40-25-33(26-46)39(27-47-40)30-14-8-6-9-15-30/h6-25,27,48H,1-5H3. The highest BCUT2D eigenvalue weighted by Crippen LogP contribution is 2.40. The van der Waals surface area contributed by atoms with E-state index in [0.717, 1.165) is 72.8 Å². The maximum atomic E-state index is 10.2. The van der Waals surface area contributed by atoms with Crippen LogP contribution in [0.3, 0.4) is 0 Å². The third kappa shape index (κ3) is 5.27. The molecular weight excluding hydrogens is 611 g/mol. The number of benzene rings is 5. The molecule has 8 rings (SSSR count). The van der Waals surface area contributed by atoms with Gasteiger partial charge in [-0.05, 0) is 84.0 Å². The van der Waals surface area contributed by atoms with Crippen LogP contribution < -0.4 is 0 Å². The van der Waals surface area contributed by atoms with E-state index in [1.54, 1.807) is 0 Å². The van der Waals surface area contributed by atoms with Crippen LogP contribution in [0.15, 0.2) is 128 Å². The molecule has 0 saturated carbocycles. The van der Waals surface area contributed by atoms with Gasteiger partial charge in [0.2, 0.25) is 0 Å². The molecule has 0 atom stereocenters. The summed E-state index contributed by atoms with van der Waals surface area (Å²) in [5, 5.41) is 11.4. The quantitative estimate of drug-likeness (QED) is 0.202. The summed E-state index contributed by atoms with van der Waals surface area (Å²) >= 11 is 0. The highest BCUT2D eigenvalue weighted by molar-refractivity contribution is 6.01. The van der Waals surface area contributed by atoms with Gasteiger partial charge in [-0.3, -0.25) is 9.55 Å². The summed E-state index contributed by atoms with van der Waals surface area (Å²) in [4.78, 5) is 14.0. The zero-order valence-electron chi connectivity index (χ0n) is 28.9. The maximum Gasteiger partial charge on any atom is 0.147 e. The molecule has 3 aromatic heterocycles. The topological polar surface area (TPSA) is 70.3 Å². The number of nitriles is 1. The van der Waals surface area contributed by atoms with Gasteiger partial charge in [0.15, 0.2) is 0 Å². The molecule has 0 saturated heterocycles. The van der Waals surface area contributed by atoms with E-state index in [4.69, 9.17) is 9.97 Å². The number of aromatic amines is 1. The highest BCUT2D eigenvalue weighted by atomic mass is 15.1. The molecule has 0 aliphatic carbocycles. The fourth-order valence-corrected chi connectivity index (χ4v) is 6.94. The number of aryl methyl sites for hydroxylation is 2. The van der Waals surface area contributed by atoms with Crippen LogP contribution in [0.1, 0.15) is 43.2 Å². The number of imidazole rings is 1. The molecular formula is C45H37N5. The van der Waals surface area contributed by atoms with Gasteiger partial charge in [0.25, 0.3) is 0 Å². The van der Waals surface area contributed by atoms with E-state index in [1.807, 2.05) is 48.7 Å². The van der Waals surface area contributed by atoms with Gasteiger partial charge in [-0.25, -0.2) is 4.98 Å². The molecule has 0 bridgehead atoms. The number of pyridine rings is 1. The van der Waals surface area contributed by atoms with Gasteiger partial charge < -0.3 is 4.98 Å². The number of fused-ring (bicyclic) bond motifs is 2. The van der Waals surface area contributed by atoms with Crippen molar-refractivity contribution in [2.24, 2.45) is 0 Å². The molecule has 0 unspecified atom stereocenters. The second-order valence-corrected chi connectivity index (χ2v) is 14.0. The van der Waals surface area contributed by atoms with Crippen molar-refractivity contribution in [2.45, 2.75) is 40.0 Å². The minimum absolute atomic E-state index is 0.131. The Morgan fingerprint density at radius 3 is 2.14 bits per heavy atom. The number of nitrogens with one attached hydrogen (secondary N) is 1. The molecule has 0 fully saturated rings. The van der Waals surface area contributed by atoms with Gasteiger partial charge in [0.05, 0.1) is 33.9 Å². The Hall–Kier alpha value is -6.25. The Morgan fingerprint density at radius 1 is 0.700 bits per heavy atom. The smallest absolute Gasteiger partial charge is 0.147 e. The van der Waals surface area contributed by atoms with Crippen LogP contribution in [-0.4, -0.2) is 19.5 Å². The molecule has 0 radical (unpaired) electrons. The molecule has 8 aromatic rings. The van der Waals surface area contributed by atoms with Crippen molar-refractivity contribution in [3.63, 3.8) is 0 Å². The molecule has 242 valence electrons. The summed E-state index contributed by atoms with van der Waals surface area (Å²) < 4.78 is 2.27. The fourth-order valence-electron chi connectivity index (χ4n) is 6.94. The Bertz CT molecular complexity index is 2590. The largest absolute Gasteiger partial charge is 0.358 e. The van der Waals surface area contributed by atoms with Crippen LogP contribution in [-0.2, 0) is 5.41 Å². The maximum absolute atomic E-state index is 10.2. The third-order valence-corrected chi connectivity index (χ3v) is 9.80. The van der Waals surface area contributed by atoms with E-state index < -0.39 is 0 Å². The Kier molecular flexibility index (Phi) is 7.46. The van der Waals surface area contributed by atoms with Gasteiger partial charge in [0, 0.05) is 45.2 Å². The summed E-state index contributed by atoms with van der Waals surface area (Å²) in [7, 11) is 0. The second kappa shape index (κ2) is 12.0. The molecule has 1 N–H and O–H groups in total. The highest BCUT2D eigenvalue weighted by Gasteiger charge is 2.23. The first kappa shape index (κ1) is 31.0. The summed E-state index contributed by atoms with van der Waals surface area (Å²) in [5.41, 5.74) is 14.8. The van der Waals surface area contributed by atoms with Crippen LogP contribution >= 0.6 is 0 Å². The molecule has 0 spiro atoms. The molecule has 0 aliphatic heterocycles. The lowest BCUT2D eigenvalue weighted by molar-refractivity contribution is 0.590.